The highest BCUT2D eigenvalue weighted by molar-refractivity contribution is 5.58. The van der Waals surface area contributed by atoms with Crippen molar-refractivity contribution in [3.05, 3.63) is 54.5 Å². The van der Waals surface area contributed by atoms with Gasteiger partial charge in [0.05, 0.1) is 36.0 Å². The summed E-state index contributed by atoms with van der Waals surface area (Å²) in [7, 11) is 1.66. The van der Waals surface area contributed by atoms with Gasteiger partial charge in [-0.05, 0) is 37.3 Å². The Morgan fingerprint density at radius 1 is 1.12 bits per heavy atom. The molecule has 1 aliphatic rings. The first-order valence-corrected chi connectivity index (χ1v) is 10.5. The van der Waals surface area contributed by atoms with Crippen molar-refractivity contribution in [2.45, 2.75) is 31.7 Å². The number of ether oxygens (including phenoxy) is 1. The first kappa shape index (κ1) is 20.3. The second-order valence-electron chi connectivity index (χ2n) is 8.15. The third-order valence-electron chi connectivity index (χ3n) is 6.02. The van der Waals surface area contributed by atoms with Gasteiger partial charge in [0.15, 0.2) is 5.82 Å². The molecule has 164 valence electrons. The summed E-state index contributed by atoms with van der Waals surface area (Å²) in [6.45, 7) is 3.40. The molecule has 0 radical (unpaired) electrons. The van der Waals surface area contributed by atoms with Gasteiger partial charge in [-0.2, -0.15) is 10.1 Å². The van der Waals surface area contributed by atoms with Crippen LogP contribution in [0.2, 0.25) is 0 Å². The highest BCUT2D eigenvalue weighted by Gasteiger charge is 2.47. The van der Waals surface area contributed by atoms with Crippen molar-refractivity contribution in [3.63, 3.8) is 0 Å². The maximum atomic E-state index is 5.62. The minimum absolute atomic E-state index is 0.240. The zero-order valence-corrected chi connectivity index (χ0v) is 18.0. The van der Waals surface area contributed by atoms with Crippen LogP contribution in [0.5, 0.6) is 0 Å². The van der Waals surface area contributed by atoms with Gasteiger partial charge < -0.3 is 15.0 Å². The van der Waals surface area contributed by atoms with E-state index >= 15 is 0 Å². The first-order valence-electron chi connectivity index (χ1n) is 10.5. The zero-order chi connectivity index (χ0) is 22.1. The molecule has 5 rings (SSSR count). The summed E-state index contributed by atoms with van der Waals surface area (Å²) in [4.78, 5) is 17.5. The summed E-state index contributed by atoms with van der Waals surface area (Å²) in [6, 6.07) is 4.03. The predicted octanol–water partition coefficient (Wildman–Crippen LogP) is 2.73. The van der Waals surface area contributed by atoms with Crippen LogP contribution in [-0.2, 0) is 16.7 Å². The Morgan fingerprint density at radius 3 is 2.62 bits per heavy atom. The molecule has 0 aromatic carbocycles. The highest BCUT2D eigenvalue weighted by Crippen LogP contribution is 2.50. The topological polar surface area (TPSA) is 131 Å². The average Bonchev–Trinajstić information content (AvgIpc) is 3.37. The number of pyridine rings is 1. The summed E-state index contributed by atoms with van der Waals surface area (Å²) in [5.74, 6) is 1.79. The molecule has 1 atom stereocenters. The highest BCUT2D eigenvalue weighted by atomic mass is 16.5. The van der Waals surface area contributed by atoms with Crippen molar-refractivity contribution < 1.29 is 9.26 Å². The fourth-order valence-electron chi connectivity index (χ4n) is 3.88. The van der Waals surface area contributed by atoms with Gasteiger partial charge in [0, 0.05) is 37.5 Å². The Kier molecular flexibility index (Phi) is 5.14. The number of methoxy groups -OCH3 is 1. The Morgan fingerprint density at radius 2 is 1.94 bits per heavy atom. The normalized spacial score (nSPS) is 15.6. The summed E-state index contributed by atoms with van der Waals surface area (Å²) in [5.41, 5.74) is 8.61. The lowest BCUT2D eigenvalue weighted by Crippen LogP contribution is -2.28. The van der Waals surface area contributed by atoms with Crippen molar-refractivity contribution >= 4 is 5.95 Å². The van der Waals surface area contributed by atoms with E-state index in [2.05, 4.69) is 38.2 Å². The number of hydrogen-bond donors (Lipinski definition) is 1. The van der Waals surface area contributed by atoms with Crippen LogP contribution in [0.3, 0.4) is 0 Å². The Balaban J connectivity index is 1.43. The van der Waals surface area contributed by atoms with E-state index in [9.17, 15) is 0 Å². The smallest absolute Gasteiger partial charge is 0.261 e. The molecule has 1 aliphatic carbocycles. The number of nitrogens with two attached hydrogens (primary N) is 1. The molecule has 1 saturated carbocycles. The van der Waals surface area contributed by atoms with Crippen LogP contribution >= 0.6 is 0 Å². The molecule has 1 fully saturated rings. The molecule has 0 amide bonds. The molecule has 2 N–H and O–H groups in total. The lowest BCUT2D eigenvalue weighted by Gasteiger charge is -2.26. The molecular weight excluding hydrogens is 408 g/mol. The van der Waals surface area contributed by atoms with Gasteiger partial charge in [0.1, 0.15) is 0 Å². The fraction of sp³-hybridized carbons (Fsp3) is 0.364. The van der Waals surface area contributed by atoms with Gasteiger partial charge in [-0.3, -0.25) is 9.67 Å². The van der Waals surface area contributed by atoms with E-state index in [0.717, 1.165) is 35.2 Å². The molecule has 0 bridgehead atoms. The maximum absolute atomic E-state index is 5.62. The third kappa shape index (κ3) is 3.73. The van der Waals surface area contributed by atoms with E-state index in [1.807, 2.05) is 18.5 Å². The van der Waals surface area contributed by atoms with E-state index in [0.29, 0.717) is 30.8 Å². The maximum Gasteiger partial charge on any atom is 0.261 e. The minimum atomic E-state index is -0.392. The van der Waals surface area contributed by atoms with Crippen molar-refractivity contribution in [3.8, 4) is 22.7 Å². The summed E-state index contributed by atoms with van der Waals surface area (Å²) >= 11 is 0. The predicted molar refractivity (Wildman–Crippen MR) is 116 cm³/mol. The summed E-state index contributed by atoms with van der Waals surface area (Å²) in [6.07, 6.45) is 11.1. The van der Waals surface area contributed by atoms with Gasteiger partial charge >= 0.3 is 0 Å². The van der Waals surface area contributed by atoms with Crippen LogP contribution < -0.4 is 5.73 Å². The van der Waals surface area contributed by atoms with Crippen LogP contribution in [0, 0.1) is 5.92 Å². The molecule has 0 aliphatic heterocycles. The number of aromatic nitrogens is 7. The quantitative estimate of drug-likeness (QED) is 0.446. The molecule has 32 heavy (non-hydrogen) atoms. The van der Waals surface area contributed by atoms with Crippen molar-refractivity contribution in [2.75, 3.05) is 19.5 Å². The van der Waals surface area contributed by atoms with Crippen molar-refractivity contribution in [1.82, 2.24) is 34.9 Å². The van der Waals surface area contributed by atoms with Crippen LogP contribution in [-0.4, -0.2) is 48.6 Å². The first-order chi connectivity index (χ1) is 15.6. The summed E-state index contributed by atoms with van der Waals surface area (Å²) < 4.78 is 12.5. The van der Waals surface area contributed by atoms with E-state index in [-0.39, 0.29) is 5.95 Å². The van der Waals surface area contributed by atoms with Crippen LogP contribution in [0.4, 0.5) is 5.95 Å². The molecule has 4 aromatic rings. The molecule has 0 spiro atoms. The summed E-state index contributed by atoms with van der Waals surface area (Å²) in [5, 5.41) is 8.69. The molecule has 0 unspecified atom stereocenters. The van der Waals surface area contributed by atoms with E-state index in [4.69, 9.17) is 20.0 Å². The minimum Gasteiger partial charge on any atom is -0.383 e. The van der Waals surface area contributed by atoms with Crippen molar-refractivity contribution in [1.29, 1.82) is 0 Å². The average molecular weight is 432 g/mol. The molecule has 0 saturated heterocycles. The number of anilines is 1. The second kappa shape index (κ2) is 8.12. The fourth-order valence-corrected chi connectivity index (χ4v) is 3.88. The Labute approximate surface area is 184 Å². The Hall–Kier alpha value is -3.66. The molecule has 4 heterocycles. The van der Waals surface area contributed by atoms with E-state index in [1.165, 1.54) is 0 Å². The lowest BCUT2D eigenvalue weighted by atomic mass is 9.77. The molecule has 10 nitrogen and oxygen atoms in total. The van der Waals surface area contributed by atoms with E-state index in [1.54, 1.807) is 30.4 Å². The van der Waals surface area contributed by atoms with Crippen molar-refractivity contribution in [2.24, 2.45) is 5.92 Å². The number of nitrogens with zero attached hydrogens (tertiary/aromatic N) is 7. The van der Waals surface area contributed by atoms with Crippen LogP contribution in [0.1, 0.15) is 31.2 Å². The second-order valence-corrected chi connectivity index (χ2v) is 8.15. The standard InChI is InChI=1S/C22H24N8O2/c1-22(16-3-4-16,17-5-6-18(24-12-17)14-9-25-21(23)26-10-14)20-28-19(32-29-20)15-11-27-30(13-15)7-8-31-2/h5-6,9-13,16H,3-4,7-8H2,1-2H3,(H2,23,25,26)/t22-/m0/s1. The molecule has 10 heteroatoms. The van der Waals surface area contributed by atoms with Gasteiger partial charge in [0.2, 0.25) is 5.95 Å². The Bertz CT molecular complexity index is 1200. The van der Waals surface area contributed by atoms with Crippen LogP contribution in [0.25, 0.3) is 22.7 Å². The SMILES string of the molecule is COCCn1cc(-c2nc([C@](C)(c3ccc(-c4cnc(N)nc4)nc3)C3CC3)no2)cn1. The van der Waals surface area contributed by atoms with Gasteiger partial charge in [-0.25, -0.2) is 9.97 Å². The van der Waals surface area contributed by atoms with Crippen LogP contribution in [0.15, 0.2) is 47.6 Å². The number of nitrogen functional groups attached to an aromatic ring is 1. The van der Waals surface area contributed by atoms with Gasteiger partial charge in [0.25, 0.3) is 5.89 Å². The zero-order valence-electron chi connectivity index (χ0n) is 18.0. The molecule has 4 aromatic heterocycles. The van der Waals surface area contributed by atoms with Gasteiger partial charge in [-0.1, -0.05) is 11.2 Å². The monoisotopic (exact) mass is 432 g/mol. The molecular formula is C22H24N8O2. The number of hydrogen-bond acceptors (Lipinski definition) is 9. The van der Waals surface area contributed by atoms with Gasteiger partial charge in [-0.15, -0.1) is 0 Å². The third-order valence-corrected chi connectivity index (χ3v) is 6.02. The number of rotatable bonds is 8. The van der Waals surface area contributed by atoms with E-state index < -0.39 is 5.41 Å². The largest absolute Gasteiger partial charge is 0.383 e. The lowest BCUT2D eigenvalue weighted by molar-refractivity contribution is 0.183.